The first-order valence-corrected chi connectivity index (χ1v) is 8.16. The Morgan fingerprint density at radius 3 is 3.00 bits per heavy atom. The molecule has 1 atom stereocenters. The zero-order valence-corrected chi connectivity index (χ0v) is 13.9. The summed E-state index contributed by atoms with van der Waals surface area (Å²) in [5, 5.41) is -0.620. The zero-order valence-electron chi connectivity index (χ0n) is 13.2. The van der Waals surface area contributed by atoms with Gasteiger partial charge in [-0.3, -0.25) is 9.59 Å². The average molecular weight is 350 g/mol. The van der Waals surface area contributed by atoms with Crippen LogP contribution < -0.4 is 5.56 Å². The summed E-state index contributed by atoms with van der Waals surface area (Å²) in [6.07, 6.45) is 0.854. The molecule has 0 spiro atoms. The lowest BCUT2D eigenvalue weighted by Crippen LogP contribution is -2.42. The van der Waals surface area contributed by atoms with Crippen molar-refractivity contribution in [2.75, 3.05) is 6.54 Å². The number of nitrogens with zero attached hydrogens (tertiary/aromatic N) is 2. The van der Waals surface area contributed by atoms with Crippen LogP contribution in [0.15, 0.2) is 29.1 Å². The van der Waals surface area contributed by atoms with E-state index in [2.05, 4.69) is 9.97 Å². The fourth-order valence-corrected chi connectivity index (χ4v) is 2.98. The van der Waals surface area contributed by atoms with E-state index in [1.165, 1.54) is 12.1 Å². The van der Waals surface area contributed by atoms with Gasteiger partial charge in [0, 0.05) is 19.4 Å². The Bertz CT molecular complexity index is 835. The molecule has 1 N–H and O–H groups in total. The number of carbonyl (C=O) groups excluding carboxylic acids is 1. The lowest BCUT2D eigenvalue weighted by molar-refractivity contribution is -0.131. The molecule has 1 unspecified atom stereocenters. The summed E-state index contributed by atoms with van der Waals surface area (Å²) >= 11 is 5.83. The Balaban J connectivity index is 1.84. The van der Waals surface area contributed by atoms with E-state index in [1.807, 2.05) is 0 Å². The number of hydrogen-bond donors (Lipinski definition) is 1. The van der Waals surface area contributed by atoms with Crippen LogP contribution in [0, 0.1) is 5.82 Å². The standard InChI is InChI=1S/C17H17ClFN3O2/c1-10(18)17(24)22-6-5-14-13(9-22)16(23)21-15(20-14)8-11-3-2-4-12(19)7-11/h2-4,7,10H,5-6,8-9H2,1H3,(H,20,21,23). The molecular formula is C17H17ClFN3O2. The number of hydrogen-bond acceptors (Lipinski definition) is 3. The molecular weight excluding hydrogens is 333 g/mol. The molecule has 7 heteroatoms. The minimum absolute atomic E-state index is 0.189. The predicted octanol–water partition coefficient (Wildman–Crippen LogP) is 2.01. The quantitative estimate of drug-likeness (QED) is 0.862. The summed E-state index contributed by atoms with van der Waals surface area (Å²) in [6, 6.07) is 6.19. The van der Waals surface area contributed by atoms with Crippen LogP contribution in [0.1, 0.15) is 29.6 Å². The SMILES string of the molecule is CC(Cl)C(=O)N1CCc2nc(Cc3cccc(F)c3)[nH]c(=O)c2C1. The summed E-state index contributed by atoms with van der Waals surface area (Å²) in [5.41, 5.74) is 1.67. The van der Waals surface area contributed by atoms with Crippen LogP contribution in [-0.4, -0.2) is 32.7 Å². The third-order valence-corrected chi connectivity index (χ3v) is 4.22. The van der Waals surface area contributed by atoms with E-state index < -0.39 is 5.38 Å². The highest BCUT2D eigenvalue weighted by Gasteiger charge is 2.26. The minimum atomic E-state index is -0.620. The van der Waals surface area contributed by atoms with Crippen LogP contribution in [0.3, 0.4) is 0 Å². The van der Waals surface area contributed by atoms with Gasteiger partial charge in [-0.1, -0.05) is 12.1 Å². The summed E-state index contributed by atoms with van der Waals surface area (Å²) in [4.78, 5) is 33.1. The van der Waals surface area contributed by atoms with Gasteiger partial charge in [0.05, 0.1) is 17.8 Å². The van der Waals surface area contributed by atoms with E-state index in [0.717, 1.165) is 5.56 Å². The van der Waals surface area contributed by atoms with Gasteiger partial charge in [-0.2, -0.15) is 0 Å². The normalized spacial score (nSPS) is 15.0. The van der Waals surface area contributed by atoms with Gasteiger partial charge >= 0.3 is 0 Å². The van der Waals surface area contributed by atoms with Gasteiger partial charge in [0.1, 0.15) is 17.0 Å². The van der Waals surface area contributed by atoms with Gasteiger partial charge < -0.3 is 9.88 Å². The second-order valence-corrected chi connectivity index (χ2v) is 6.53. The largest absolute Gasteiger partial charge is 0.336 e. The Labute approximate surface area is 143 Å². The first-order valence-electron chi connectivity index (χ1n) is 7.72. The van der Waals surface area contributed by atoms with Crippen LogP contribution in [0.25, 0.3) is 0 Å². The van der Waals surface area contributed by atoms with E-state index in [9.17, 15) is 14.0 Å². The number of fused-ring (bicyclic) bond motifs is 1. The van der Waals surface area contributed by atoms with Crippen molar-refractivity contribution in [3.63, 3.8) is 0 Å². The molecule has 2 aromatic rings. The Hall–Kier alpha value is -2.21. The maximum absolute atomic E-state index is 13.3. The van der Waals surface area contributed by atoms with Crippen molar-refractivity contribution >= 4 is 17.5 Å². The van der Waals surface area contributed by atoms with E-state index in [-0.39, 0.29) is 23.8 Å². The summed E-state index contributed by atoms with van der Waals surface area (Å²) in [7, 11) is 0. The third kappa shape index (κ3) is 3.48. The lowest BCUT2D eigenvalue weighted by Gasteiger charge is -2.28. The summed E-state index contributed by atoms with van der Waals surface area (Å²) in [6.45, 7) is 2.32. The van der Waals surface area contributed by atoms with Crippen LogP contribution in [-0.2, 0) is 24.2 Å². The molecule has 1 aromatic carbocycles. The number of nitrogens with one attached hydrogen (secondary N) is 1. The number of carbonyl (C=O) groups is 1. The number of alkyl halides is 1. The van der Waals surface area contributed by atoms with Crippen LogP contribution in [0.5, 0.6) is 0 Å². The lowest BCUT2D eigenvalue weighted by atomic mass is 10.1. The molecule has 24 heavy (non-hydrogen) atoms. The van der Waals surface area contributed by atoms with Gasteiger partial charge in [-0.25, -0.2) is 9.37 Å². The highest BCUT2D eigenvalue weighted by Crippen LogP contribution is 2.17. The fourth-order valence-electron chi connectivity index (χ4n) is 2.84. The number of aromatic nitrogens is 2. The van der Waals surface area contributed by atoms with Crippen molar-refractivity contribution in [1.29, 1.82) is 0 Å². The van der Waals surface area contributed by atoms with E-state index >= 15 is 0 Å². The average Bonchev–Trinajstić information content (AvgIpc) is 2.54. The fraction of sp³-hybridized carbons (Fsp3) is 0.353. The monoisotopic (exact) mass is 349 g/mol. The maximum Gasteiger partial charge on any atom is 0.256 e. The Morgan fingerprint density at radius 1 is 1.50 bits per heavy atom. The predicted molar refractivity (Wildman–Crippen MR) is 88.5 cm³/mol. The highest BCUT2D eigenvalue weighted by atomic mass is 35.5. The first-order chi connectivity index (χ1) is 11.4. The number of aromatic amines is 1. The Morgan fingerprint density at radius 2 is 2.29 bits per heavy atom. The molecule has 1 amide bonds. The molecule has 0 aliphatic carbocycles. The second kappa shape index (κ2) is 6.73. The molecule has 1 aliphatic heterocycles. The van der Waals surface area contributed by atoms with E-state index in [0.29, 0.717) is 36.5 Å². The van der Waals surface area contributed by atoms with Crippen LogP contribution in [0.4, 0.5) is 4.39 Å². The molecule has 0 bridgehead atoms. The van der Waals surface area contributed by atoms with E-state index in [1.54, 1.807) is 24.0 Å². The number of H-pyrrole nitrogens is 1. The van der Waals surface area contributed by atoms with Crippen molar-refractivity contribution in [2.45, 2.75) is 31.7 Å². The summed E-state index contributed by atoms with van der Waals surface area (Å²) < 4.78 is 13.3. The van der Waals surface area contributed by atoms with Crippen molar-refractivity contribution in [1.82, 2.24) is 14.9 Å². The maximum atomic E-state index is 13.3. The molecule has 1 aliphatic rings. The van der Waals surface area contributed by atoms with Gasteiger partial charge in [-0.05, 0) is 24.6 Å². The van der Waals surface area contributed by atoms with Crippen LogP contribution in [0.2, 0.25) is 0 Å². The molecule has 5 nitrogen and oxygen atoms in total. The van der Waals surface area contributed by atoms with Crippen LogP contribution >= 0.6 is 11.6 Å². The number of benzene rings is 1. The van der Waals surface area contributed by atoms with Crippen molar-refractivity contribution < 1.29 is 9.18 Å². The molecule has 0 radical (unpaired) electrons. The number of halogens is 2. The van der Waals surface area contributed by atoms with Gasteiger partial charge in [0.25, 0.3) is 5.56 Å². The number of rotatable bonds is 3. The number of amides is 1. The molecule has 2 heterocycles. The molecule has 1 aromatic heterocycles. The second-order valence-electron chi connectivity index (χ2n) is 5.87. The molecule has 3 rings (SSSR count). The third-order valence-electron chi connectivity index (χ3n) is 4.03. The van der Waals surface area contributed by atoms with Crippen molar-refractivity contribution in [3.05, 3.63) is 63.1 Å². The van der Waals surface area contributed by atoms with Gasteiger partial charge in [-0.15, -0.1) is 11.6 Å². The molecule has 0 saturated carbocycles. The Kier molecular flexibility index (Phi) is 4.66. The first kappa shape index (κ1) is 16.6. The minimum Gasteiger partial charge on any atom is -0.336 e. The zero-order chi connectivity index (χ0) is 17.3. The molecule has 0 fully saturated rings. The van der Waals surface area contributed by atoms with E-state index in [4.69, 9.17) is 11.6 Å². The smallest absolute Gasteiger partial charge is 0.256 e. The summed E-state index contributed by atoms with van der Waals surface area (Å²) in [5.74, 6) is -0.0162. The van der Waals surface area contributed by atoms with Gasteiger partial charge in [0.2, 0.25) is 5.91 Å². The van der Waals surface area contributed by atoms with Gasteiger partial charge in [0.15, 0.2) is 0 Å². The molecule has 126 valence electrons. The highest BCUT2D eigenvalue weighted by molar-refractivity contribution is 6.30. The van der Waals surface area contributed by atoms with Crippen molar-refractivity contribution in [2.24, 2.45) is 0 Å². The molecule has 0 saturated heterocycles. The topological polar surface area (TPSA) is 66.1 Å². The van der Waals surface area contributed by atoms with Crippen molar-refractivity contribution in [3.8, 4) is 0 Å².